The second kappa shape index (κ2) is 6.51. The number of rotatable bonds is 6. The first-order valence-electron chi connectivity index (χ1n) is 6.27. The molecular formula is C15H13NO5. The zero-order chi connectivity index (χ0) is 15.2. The molecule has 0 aliphatic carbocycles. The molecule has 0 heterocycles. The maximum atomic E-state index is 11.2. The Morgan fingerprint density at radius 1 is 1.14 bits per heavy atom. The first-order valence-corrected chi connectivity index (χ1v) is 6.27. The second-order valence-corrected chi connectivity index (χ2v) is 4.30. The molecule has 0 fully saturated rings. The standard InChI is InChI=1S/C15H13NO5/c17-15(18)14-12(16(19)20)7-4-8-13(14)21-10-9-11-5-2-1-3-6-11/h1-8H,9-10H2,(H,17,18). The molecule has 2 aromatic carbocycles. The Bertz CT molecular complexity index is 654. The highest BCUT2D eigenvalue weighted by molar-refractivity contribution is 5.95. The van der Waals surface area contributed by atoms with Crippen molar-refractivity contribution in [2.45, 2.75) is 6.42 Å². The van der Waals surface area contributed by atoms with E-state index >= 15 is 0 Å². The van der Waals surface area contributed by atoms with Crippen LogP contribution in [-0.2, 0) is 6.42 Å². The minimum Gasteiger partial charge on any atom is -0.492 e. The quantitative estimate of drug-likeness (QED) is 0.651. The highest BCUT2D eigenvalue weighted by Gasteiger charge is 2.24. The maximum Gasteiger partial charge on any atom is 0.346 e. The van der Waals surface area contributed by atoms with Gasteiger partial charge in [0, 0.05) is 12.5 Å². The van der Waals surface area contributed by atoms with Gasteiger partial charge in [0.2, 0.25) is 0 Å². The summed E-state index contributed by atoms with van der Waals surface area (Å²) in [6.45, 7) is 0.242. The first kappa shape index (κ1) is 14.5. The predicted molar refractivity (Wildman–Crippen MR) is 75.7 cm³/mol. The van der Waals surface area contributed by atoms with Crippen molar-refractivity contribution in [2.24, 2.45) is 0 Å². The van der Waals surface area contributed by atoms with Gasteiger partial charge in [0.05, 0.1) is 11.5 Å². The number of hydrogen-bond acceptors (Lipinski definition) is 4. The SMILES string of the molecule is O=C(O)c1c(OCCc2ccccc2)cccc1[N+](=O)[O-]. The molecule has 21 heavy (non-hydrogen) atoms. The minimum absolute atomic E-state index is 0.00707. The van der Waals surface area contributed by atoms with Crippen LogP contribution in [0.5, 0.6) is 5.75 Å². The topological polar surface area (TPSA) is 89.7 Å². The van der Waals surface area contributed by atoms with Crippen LogP contribution in [0.15, 0.2) is 48.5 Å². The summed E-state index contributed by atoms with van der Waals surface area (Å²) in [7, 11) is 0. The summed E-state index contributed by atoms with van der Waals surface area (Å²) in [6, 6.07) is 13.5. The van der Waals surface area contributed by atoms with E-state index in [1.54, 1.807) is 0 Å². The molecule has 0 aromatic heterocycles. The Kier molecular flexibility index (Phi) is 4.50. The van der Waals surface area contributed by atoms with E-state index in [-0.39, 0.29) is 12.4 Å². The Morgan fingerprint density at radius 3 is 2.48 bits per heavy atom. The normalized spacial score (nSPS) is 10.1. The molecule has 0 spiro atoms. The van der Waals surface area contributed by atoms with Gasteiger partial charge in [-0.1, -0.05) is 36.4 Å². The molecule has 0 unspecified atom stereocenters. The van der Waals surface area contributed by atoms with Gasteiger partial charge in [-0.05, 0) is 11.6 Å². The van der Waals surface area contributed by atoms with Crippen LogP contribution in [0.2, 0.25) is 0 Å². The Morgan fingerprint density at radius 2 is 1.86 bits per heavy atom. The molecule has 0 aliphatic rings. The highest BCUT2D eigenvalue weighted by Crippen LogP contribution is 2.28. The van der Waals surface area contributed by atoms with Gasteiger partial charge in [0.15, 0.2) is 5.56 Å². The molecule has 0 atom stereocenters. The maximum absolute atomic E-state index is 11.2. The molecule has 6 heteroatoms. The first-order chi connectivity index (χ1) is 10.1. The zero-order valence-electron chi connectivity index (χ0n) is 11.1. The van der Waals surface area contributed by atoms with E-state index in [1.165, 1.54) is 12.1 Å². The fourth-order valence-electron chi connectivity index (χ4n) is 1.93. The Labute approximate surface area is 120 Å². The van der Waals surface area contributed by atoms with E-state index < -0.39 is 22.1 Å². The average molecular weight is 287 g/mol. The van der Waals surface area contributed by atoms with Crippen LogP contribution < -0.4 is 4.74 Å². The van der Waals surface area contributed by atoms with E-state index in [1.807, 2.05) is 30.3 Å². The molecule has 0 amide bonds. The van der Waals surface area contributed by atoms with E-state index in [2.05, 4.69) is 0 Å². The monoisotopic (exact) mass is 287 g/mol. The molecular weight excluding hydrogens is 274 g/mol. The fraction of sp³-hybridized carbons (Fsp3) is 0.133. The van der Waals surface area contributed by atoms with Crippen molar-refractivity contribution in [3.63, 3.8) is 0 Å². The number of nitro groups is 1. The number of carbonyl (C=O) groups is 1. The largest absolute Gasteiger partial charge is 0.492 e. The summed E-state index contributed by atoms with van der Waals surface area (Å²) >= 11 is 0. The van der Waals surface area contributed by atoms with Gasteiger partial charge in [-0.3, -0.25) is 10.1 Å². The van der Waals surface area contributed by atoms with E-state index in [9.17, 15) is 14.9 Å². The third kappa shape index (κ3) is 3.56. The van der Waals surface area contributed by atoms with Gasteiger partial charge in [-0.25, -0.2) is 4.79 Å². The van der Waals surface area contributed by atoms with Crippen LogP contribution >= 0.6 is 0 Å². The number of ether oxygens (including phenoxy) is 1. The lowest BCUT2D eigenvalue weighted by Crippen LogP contribution is -2.09. The molecule has 2 rings (SSSR count). The van der Waals surface area contributed by atoms with Gasteiger partial charge in [0.25, 0.3) is 5.69 Å². The number of benzene rings is 2. The van der Waals surface area contributed by atoms with Crippen LogP contribution in [0.1, 0.15) is 15.9 Å². The fourth-order valence-corrected chi connectivity index (χ4v) is 1.93. The van der Waals surface area contributed by atoms with Crippen molar-refractivity contribution >= 4 is 11.7 Å². The number of carboxylic acid groups (broad SMARTS) is 1. The third-order valence-electron chi connectivity index (χ3n) is 2.91. The van der Waals surface area contributed by atoms with Gasteiger partial charge in [0.1, 0.15) is 5.75 Å². The molecule has 0 saturated heterocycles. The lowest BCUT2D eigenvalue weighted by Gasteiger charge is -2.09. The van der Waals surface area contributed by atoms with Crippen molar-refractivity contribution < 1.29 is 19.6 Å². The minimum atomic E-state index is -1.38. The molecule has 1 N–H and O–H groups in total. The van der Waals surface area contributed by atoms with Crippen LogP contribution in [0.25, 0.3) is 0 Å². The molecule has 0 bridgehead atoms. The van der Waals surface area contributed by atoms with Gasteiger partial charge in [-0.15, -0.1) is 0 Å². The number of nitrogens with zero attached hydrogens (tertiary/aromatic N) is 1. The molecule has 108 valence electrons. The van der Waals surface area contributed by atoms with Crippen LogP contribution in [0.4, 0.5) is 5.69 Å². The van der Waals surface area contributed by atoms with Crippen molar-refractivity contribution in [3.8, 4) is 5.75 Å². The third-order valence-corrected chi connectivity index (χ3v) is 2.91. The molecule has 0 radical (unpaired) electrons. The van der Waals surface area contributed by atoms with E-state index in [4.69, 9.17) is 9.84 Å². The van der Waals surface area contributed by atoms with E-state index in [0.717, 1.165) is 11.6 Å². The van der Waals surface area contributed by atoms with Crippen molar-refractivity contribution in [1.82, 2.24) is 0 Å². The van der Waals surface area contributed by atoms with Crippen LogP contribution in [0.3, 0.4) is 0 Å². The van der Waals surface area contributed by atoms with Gasteiger partial charge >= 0.3 is 5.97 Å². The van der Waals surface area contributed by atoms with Crippen LogP contribution in [0, 0.1) is 10.1 Å². The lowest BCUT2D eigenvalue weighted by atomic mass is 10.1. The molecule has 0 aliphatic heterocycles. The number of hydrogen-bond donors (Lipinski definition) is 1. The number of carboxylic acids is 1. The summed E-state index contributed by atoms with van der Waals surface area (Å²) in [4.78, 5) is 21.3. The van der Waals surface area contributed by atoms with Gasteiger partial charge in [-0.2, -0.15) is 0 Å². The van der Waals surface area contributed by atoms with Crippen LogP contribution in [-0.4, -0.2) is 22.6 Å². The Hall–Kier alpha value is -2.89. The molecule has 6 nitrogen and oxygen atoms in total. The molecule has 0 saturated carbocycles. The molecule has 2 aromatic rings. The summed E-state index contributed by atoms with van der Waals surface area (Å²) in [6.07, 6.45) is 0.586. The smallest absolute Gasteiger partial charge is 0.346 e. The summed E-state index contributed by atoms with van der Waals surface area (Å²) in [5.41, 5.74) is 0.148. The summed E-state index contributed by atoms with van der Waals surface area (Å²) in [5.74, 6) is -1.37. The highest BCUT2D eigenvalue weighted by atomic mass is 16.6. The summed E-state index contributed by atoms with van der Waals surface area (Å²) < 4.78 is 5.41. The van der Waals surface area contributed by atoms with Gasteiger partial charge < -0.3 is 9.84 Å². The number of aromatic carboxylic acids is 1. The van der Waals surface area contributed by atoms with E-state index in [0.29, 0.717) is 6.42 Å². The summed E-state index contributed by atoms with van der Waals surface area (Å²) in [5, 5.41) is 20.0. The predicted octanol–water partition coefficient (Wildman–Crippen LogP) is 2.91. The van der Waals surface area contributed by atoms with Crippen molar-refractivity contribution in [3.05, 3.63) is 69.8 Å². The Balaban J connectivity index is 2.14. The van der Waals surface area contributed by atoms with Crippen molar-refractivity contribution in [1.29, 1.82) is 0 Å². The van der Waals surface area contributed by atoms with Crippen molar-refractivity contribution in [2.75, 3.05) is 6.61 Å². The number of nitro benzene ring substituents is 1. The zero-order valence-corrected chi connectivity index (χ0v) is 11.1. The lowest BCUT2D eigenvalue weighted by molar-refractivity contribution is -0.385. The average Bonchev–Trinajstić information content (AvgIpc) is 2.47. The second-order valence-electron chi connectivity index (χ2n) is 4.30.